The van der Waals surface area contributed by atoms with E-state index in [1.165, 1.54) is 52.1 Å². The molecule has 3 heteroatoms. The van der Waals surface area contributed by atoms with E-state index in [9.17, 15) is 0 Å². The van der Waals surface area contributed by atoms with Gasteiger partial charge in [-0.3, -0.25) is 0 Å². The number of likely N-dealkylation sites (tertiary alicyclic amines) is 1. The molecule has 0 radical (unpaired) electrons. The number of nitrogens with zero attached hydrogens (tertiary/aromatic N) is 2. The third-order valence-corrected chi connectivity index (χ3v) is 3.88. The molecule has 0 aromatic carbocycles. The molecule has 2 fully saturated rings. The van der Waals surface area contributed by atoms with Gasteiger partial charge in [-0.15, -0.1) is 0 Å². The van der Waals surface area contributed by atoms with Gasteiger partial charge in [0.2, 0.25) is 0 Å². The fraction of sp³-hybridized carbons (Fsp3) is 1.00. The van der Waals surface area contributed by atoms with E-state index in [2.05, 4.69) is 36.0 Å². The van der Waals surface area contributed by atoms with E-state index in [1.807, 2.05) is 0 Å². The first kappa shape index (κ1) is 12.3. The van der Waals surface area contributed by atoms with Crippen LogP contribution in [0.4, 0.5) is 0 Å². The van der Waals surface area contributed by atoms with E-state index in [0.717, 1.165) is 5.92 Å². The molecule has 1 unspecified atom stereocenters. The molecule has 2 aliphatic heterocycles. The van der Waals surface area contributed by atoms with Crippen molar-refractivity contribution in [2.24, 2.45) is 5.92 Å². The third kappa shape index (κ3) is 3.44. The fourth-order valence-corrected chi connectivity index (χ4v) is 3.12. The van der Waals surface area contributed by atoms with Crippen molar-refractivity contribution in [3.63, 3.8) is 0 Å². The molecular formula is C13H27N3. The van der Waals surface area contributed by atoms with Crippen LogP contribution in [0.25, 0.3) is 0 Å². The Hall–Kier alpha value is -0.120. The molecular weight excluding hydrogens is 198 g/mol. The monoisotopic (exact) mass is 225 g/mol. The average Bonchev–Trinajstić information content (AvgIpc) is 2.49. The van der Waals surface area contributed by atoms with Crippen molar-refractivity contribution in [2.75, 3.05) is 46.3 Å². The summed E-state index contributed by atoms with van der Waals surface area (Å²) in [5.74, 6) is 0.902. The minimum absolute atomic E-state index is 0.293. The molecule has 1 N–H and O–H groups in total. The molecule has 3 nitrogen and oxygen atoms in total. The lowest BCUT2D eigenvalue weighted by Gasteiger charge is -2.31. The van der Waals surface area contributed by atoms with Crippen molar-refractivity contribution >= 4 is 0 Å². The third-order valence-electron chi connectivity index (χ3n) is 3.88. The van der Waals surface area contributed by atoms with Crippen LogP contribution in [-0.4, -0.2) is 61.7 Å². The maximum absolute atomic E-state index is 3.63. The average molecular weight is 225 g/mol. The topological polar surface area (TPSA) is 18.5 Å². The zero-order chi connectivity index (χ0) is 11.6. The molecule has 2 heterocycles. The molecule has 0 aromatic heterocycles. The molecule has 0 amide bonds. The molecule has 0 aliphatic carbocycles. The van der Waals surface area contributed by atoms with Crippen molar-refractivity contribution in [1.29, 1.82) is 0 Å². The van der Waals surface area contributed by atoms with Crippen LogP contribution in [0.5, 0.6) is 0 Å². The fourth-order valence-electron chi connectivity index (χ4n) is 3.12. The van der Waals surface area contributed by atoms with Gasteiger partial charge in [-0.1, -0.05) is 0 Å². The van der Waals surface area contributed by atoms with E-state index in [0.29, 0.717) is 5.54 Å². The minimum Gasteiger partial charge on any atom is -0.310 e. The van der Waals surface area contributed by atoms with Gasteiger partial charge in [0.05, 0.1) is 0 Å². The van der Waals surface area contributed by atoms with Crippen LogP contribution >= 0.6 is 0 Å². The van der Waals surface area contributed by atoms with Gasteiger partial charge < -0.3 is 15.1 Å². The Morgan fingerprint density at radius 3 is 2.81 bits per heavy atom. The first-order chi connectivity index (χ1) is 7.55. The Bertz CT molecular complexity index is 227. The second-order valence-corrected chi connectivity index (χ2v) is 6.32. The predicted molar refractivity (Wildman–Crippen MR) is 68.7 cm³/mol. The number of hydrogen-bond donors (Lipinski definition) is 1. The van der Waals surface area contributed by atoms with Crippen LogP contribution in [0.1, 0.15) is 26.7 Å². The largest absolute Gasteiger partial charge is 0.310 e. The molecule has 2 rings (SSSR count). The summed E-state index contributed by atoms with van der Waals surface area (Å²) in [6.07, 6.45) is 2.69. The quantitative estimate of drug-likeness (QED) is 0.757. The zero-order valence-electron chi connectivity index (χ0n) is 11.1. The van der Waals surface area contributed by atoms with Crippen molar-refractivity contribution in [1.82, 2.24) is 15.1 Å². The Labute approximate surface area is 100 Å². The first-order valence-corrected chi connectivity index (χ1v) is 6.71. The van der Waals surface area contributed by atoms with Crippen LogP contribution in [0.3, 0.4) is 0 Å². The van der Waals surface area contributed by atoms with Gasteiger partial charge in [0.25, 0.3) is 0 Å². The Morgan fingerprint density at radius 2 is 2.12 bits per heavy atom. The second kappa shape index (κ2) is 5.03. The molecule has 16 heavy (non-hydrogen) atoms. The van der Waals surface area contributed by atoms with Gasteiger partial charge in [-0.25, -0.2) is 0 Å². The van der Waals surface area contributed by atoms with Gasteiger partial charge in [0, 0.05) is 25.2 Å². The summed E-state index contributed by atoms with van der Waals surface area (Å²) in [4.78, 5) is 5.13. The maximum atomic E-state index is 3.63. The van der Waals surface area contributed by atoms with Crippen molar-refractivity contribution in [3.8, 4) is 0 Å². The molecule has 0 saturated carbocycles. The Kier molecular flexibility index (Phi) is 3.88. The summed E-state index contributed by atoms with van der Waals surface area (Å²) in [6, 6.07) is 0. The summed E-state index contributed by atoms with van der Waals surface area (Å²) in [5.41, 5.74) is 0.293. The highest BCUT2D eigenvalue weighted by Crippen LogP contribution is 2.18. The lowest BCUT2D eigenvalue weighted by atomic mass is 10.0. The smallest absolute Gasteiger partial charge is 0.0252 e. The highest BCUT2D eigenvalue weighted by molar-refractivity contribution is 4.86. The van der Waals surface area contributed by atoms with E-state index >= 15 is 0 Å². The number of hydrogen-bond acceptors (Lipinski definition) is 3. The van der Waals surface area contributed by atoms with Gasteiger partial charge >= 0.3 is 0 Å². The van der Waals surface area contributed by atoms with Crippen LogP contribution in [0.2, 0.25) is 0 Å². The standard InChI is InChI=1S/C13H27N3/c1-13(2)11-16(7-4-6-14-13)10-12-5-8-15(3)9-12/h12,14H,4-11H2,1-3H3. The van der Waals surface area contributed by atoms with E-state index in [-0.39, 0.29) is 0 Å². The lowest BCUT2D eigenvalue weighted by molar-refractivity contribution is 0.200. The molecule has 0 aromatic rings. The summed E-state index contributed by atoms with van der Waals surface area (Å²) >= 11 is 0. The number of nitrogens with one attached hydrogen (secondary N) is 1. The van der Waals surface area contributed by atoms with Crippen molar-refractivity contribution < 1.29 is 0 Å². The van der Waals surface area contributed by atoms with Crippen LogP contribution in [0.15, 0.2) is 0 Å². The molecule has 0 spiro atoms. The zero-order valence-corrected chi connectivity index (χ0v) is 11.1. The SMILES string of the molecule is CN1CCC(CN2CCCNC(C)(C)C2)C1. The summed E-state index contributed by atoms with van der Waals surface area (Å²) in [6.45, 7) is 12.2. The first-order valence-electron chi connectivity index (χ1n) is 6.71. The molecule has 94 valence electrons. The number of rotatable bonds is 2. The molecule has 0 bridgehead atoms. The van der Waals surface area contributed by atoms with Gasteiger partial charge in [-0.05, 0) is 59.3 Å². The predicted octanol–water partition coefficient (Wildman–Crippen LogP) is 1.01. The van der Waals surface area contributed by atoms with Crippen LogP contribution in [-0.2, 0) is 0 Å². The summed E-state index contributed by atoms with van der Waals surface area (Å²) in [7, 11) is 2.24. The van der Waals surface area contributed by atoms with Gasteiger partial charge in [0.1, 0.15) is 0 Å². The van der Waals surface area contributed by atoms with Crippen LogP contribution in [0, 0.1) is 5.92 Å². The maximum Gasteiger partial charge on any atom is 0.0252 e. The molecule has 1 atom stereocenters. The summed E-state index contributed by atoms with van der Waals surface area (Å²) < 4.78 is 0. The van der Waals surface area contributed by atoms with Crippen LogP contribution < -0.4 is 5.32 Å². The van der Waals surface area contributed by atoms with Crippen molar-refractivity contribution in [3.05, 3.63) is 0 Å². The summed E-state index contributed by atoms with van der Waals surface area (Å²) in [5, 5.41) is 3.63. The Balaban J connectivity index is 1.83. The van der Waals surface area contributed by atoms with E-state index in [1.54, 1.807) is 0 Å². The van der Waals surface area contributed by atoms with Gasteiger partial charge in [-0.2, -0.15) is 0 Å². The Morgan fingerprint density at radius 1 is 1.31 bits per heavy atom. The molecule has 2 aliphatic rings. The van der Waals surface area contributed by atoms with Gasteiger partial charge in [0.15, 0.2) is 0 Å². The van der Waals surface area contributed by atoms with E-state index in [4.69, 9.17) is 0 Å². The normalized spacial score (nSPS) is 32.8. The van der Waals surface area contributed by atoms with Crippen molar-refractivity contribution in [2.45, 2.75) is 32.2 Å². The second-order valence-electron chi connectivity index (χ2n) is 6.32. The lowest BCUT2D eigenvalue weighted by Crippen LogP contribution is -2.47. The van der Waals surface area contributed by atoms with E-state index < -0.39 is 0 Å². The minimum atomic E-state index is 0.293. The highest BCUT2D eigenvalue weighted by Gasteiger charge is 2.27. The highest BCUT2D eigenvalue weighted by atomic mass is 15.2. The molecule has 2 saturated heterocycles.